The molecule has 0 aliphatic rings. The molecule has 0 aliphatic heterocycles. The summed E-state index contributed by atoms with van der Waals surface area (Å²) in [6.07, 6.45) is -0.995. The number of carbonyl (C=O) groups excluding carboxylic acids is 2. The van der Waals surface area contributed by atoms with Crippen LogP contribution in [0.25, 0.3) is 0 Å². The Bertz CT molecular complexity index is 957. The highest BCUT2D eigenvalue weighted by Crippen LogP contribution is 2.15. The van der Waals surface area contributed by atoms with Crippen LogP contribution >= 0.6 is 11.6 Å². The lowest BCUT2D eigenvalue weighted by Gasteiger charge is -2.14. The second kappa shape index (κ2) is 9.87. The third-order valence-electron chi connectivity index (χ3n) is 3.76. The number of anilines is 1. The topological polar surface area (TPSA) is 102 Å². The second-order valence-electron chi connectivity index (χ2n) is 6.72. The van der Waals surface area contributed by atoms with Gasteiger partial charge >= 0.3 is 5.97 Å². The monoisotopic (exact) mass is 438 g/mol. The van der Waals surface area contributed by atoms with Crippen LogP contribution in [0.15, 0.2) is 53.4 Å². The van der Waals surface area contributed by atoms with E-state index < -0.39 is 28.0 Å². The van der Waals surface area contributed by atoms with E-state index in [1.807, 2.05) is 0 Å². The summed E-state index contributed by atoms with van der Waals surface area (Å²) >= 11 is 5.80. The van der Waals surface area contributed by atoms with E-state index in [-0.39, 0.29) is 17.4 Å². The Morgan fingerprint density at radius 2 is 1.59 bits per heavy atom. The minimum Gasteiger partial charge on any atom is -0.452 e. The number of carbonyl (C=O) groups is 2. The molecule has 0 heterocycles. The highest BCUT2D eigenvalue weighted by molar-refractivity contribution is 7.89. The number of amides is 1. The molecular formula is C20H23ClN2O5S. The number of halogens is 1. The van der Waals surface area contributed by atoms with E-state index in [4.69, 9.17) is 16.3 Å². The van der Waals surface area contributed by atoms with E-state index >= 15 is 0 Å². The van der Waals surface area contributed by atoms with E-state index in [0.717, 1.165) is 5.56 Å². The first kappa shape index (κ1) is 22.9. The number of hydrogen-bond donors (Lipinski definition) is 2. The number of benzene rings is 2. The molecule has 0 aliphatic carbocycles. The average molecular weight is 439 g/mol. The van der Waals surface area contributed by atoms with E-state index in [1.54, 1.807) is 38.1 Å². The Morgan fingerprint density at radius 1 is 1.00 bits per heavy atom. The Labute approximate surface area is 175 Å². The van der Waals surface area contributed by atoms with Crippen molar-refractivity contribution in [2.24, 2.45) is 0 Å². The first-order valence-electron chi connectivity index (χ1n) is 8.94. The van der Waals surface area contributed by atoms with Crippen LogP contribution in [0, 0.1) is 0 Å². The van der Waals surface area contributed by atoms with Crippen LogP contribution in [0.4, 0.5) is 5.69 Å². The van der Waals surface area contributed by atoms with Crippen molar-refractivity contribution in [2.75, 3.05) is 5.32 Å². The number of ether oxygens (including phenoxy) is 1. The van der Waals surface area contributed by atoms with Gasteiger partial charge in [0.05, 0.1) is 11.3 Å². The minimum atomic E-state index is -3.61. The zero-order valence-corrected chi connectivity index (χ0v) is 17.9. The standard InChI is InChI=1S/C20H23ClN2O5S/c1-13(2)23-29(26,27)18-10-8-17(9-11-18)22-20(25)14(3)28-19(24)12-15-4-6-16(21)7-5-15/h4-11,13-14,23H,12H2,1-3H3,(H,22,25). The Hall–Kier alpha value is -2.42. The first-order chi connectivity index (χ1) is 13.6. The molecule has 0 fully saturated rings. The molecule has 2 aromatic rings. The largest absolute Gasteiger partial charge is 0.452 e. The van der Waals surface area contributed by atoms with Crippen molar-refractivity contribution < 1.29 is 22.7 Å². The van der Waals surface area contributed by atoms with Crippen LogP contribution in [0.5, 0.6) is 0 Å². The molecule has 29 heavy (non-hydrogen) atoms. The summed E-state index contributed by atoms with van der Waals surface area (Å²) in [7, 11) is -3.61. The summed E-state index contributed by atoms with van der Waals surface area (Å²) in [5.74, 6) is -1.07. The van der Waals surface area contributed by atoms with Gasteiger partial charge in [-0.25, -0.2) is 13.1 Å². The zero-order valence-electron chi connectivity index (χ0n) is 16.3. The SMILES string of the molecule is CC(C)NS(=O)(=O)c1ccc(NC(=O)C(C)OC(=O)Cc2ccc(Cl)cc2)cc1. The van der Waals surface area contributed by atoms with Gasteiger partial charge < -0.3 is 10.1 Å². The third-order valence-corrected chi connectivity index (χ3v) is 5.69. The molecule has 0 radical (unpaired) electrons. The van der Waals surface area contributed by atoms with Gasteiger partial charge in [-0.15, -0.1) is 0 Å². The van der Waals surface area contributed by atoms with Gasteiger partial charge in [0.2, 0.25) is 10.0 Å². The van der Waals surface area contributed by atoms with Gasteiger partial charge in [0.25, 0.3) is 5.91 Å². The van der Waals surface area contributed by atoms with Gasteiger partial charge in [-0.05, 0) is 62.7 Å². The van der Waals surface area contributed by atoms with Crippen molar-refractivity contribution in [1.29, 1.82) is 0 Å². The fourth-order valence-corrected chi connectivity index (χ4v) is 3.78. The minimum absolute atomic E-state index is 0.0181. The van der Waals surface area contributed by atoms with E-state index in [0.29, 0.717) is 10.7 Å². The molecule has 9 heteroatoms. The molecule has 0 aromatic heterocycles. The van der Waals surface area contributed by atoms with Gasteiger partial charge in [-0.3, -0.25) is 9.59 Å². The predicted molar refractivity (Wildman–Crippen MR) is 111 cm³/mol. The lowest BCUT2D eigenvalue weighted by Crippen LogP contribution is -2.31. The van der Waals surface area contributed by atoms with Crippen molar-refractivity contribution in [3.05, 3.63) is 59.1 Å². The number of sulfonamides is 1. The van der Waals surface area contributed by atoms with Crippen molar-refractivity contribution >= 4 is 39.2 Å². The molecule has 0 saturated carbocycles. The maximum atomic E-state index is 12.2. The maximum absolute atomic E-state index is 12.2. The first-order valence-corrected chi connectivity index (χ1v) is 10.8. The fourth-order valence-electron chi connectivity index (χ4n) is 2.40. The number of hydrogen-bond acceptors (Lipinski definition) is 5. The highest BCUT2D eigenvalue weighted by Gasteiger charge is 2.19. The molecule has 1 unspecified atom stereocenters. The van der Waals surface area contributed by atoms with Crippen LogP contribution in [0.1, 0.15) is 26.3 Å². The van der Waals surface area contributed by atoms with Gasteiger partial charge in [-0.1, -0.05) is 23.7 Å². The molecule has 0 bridgehead atoms. The lowest BCUT2D eigenvalue weighted by atomic mass is 10.1. The van der Waals surface area contributed by atoms with E-state index in [2.05, 4.69) is 10.0 Å². The van der Waals surface area contributed by atoms with Gasteiger partial charge in [-0.2, -0.15) is 0 Å². The van der Waals surface area contributed by atoms with Crippen LogP contribution in [-0.4, -0.2) is 32.4 Å². The summed E-state index contributed by atoms with van der Waals surface area (Å²) in [6.45, 7) is 4.91. The van der Waals surface area contributed by atoms with Crippen molar-refractivity contribution in [3.8, 4) is 0 Å². The van der Waals surface area contributed by atoms with Gasteiger partial charge in [0.15, 0.2) is 6.10 Å². The Balaban J connectivity index is 1.91. The second-order valence-corrected chi connectivity index (χ2v) is 8.88. The summed E-state index contributed by atoms with van der Waals surface area (Å²) in [5.41, 5.74) is 1.11. The molecular weight excluding hydrogens is 416 g/mol. The Morgan fingerprint density at radius 3 is 2.14 bits per heavy atom. The zero-order chi connectivity index (χ0) is 21.6. The summed E-state index contributed by atoms with van der Waals surface area (Å²) in [5, 5.41) is 3.15. The number of rotatable bonds is 8. The third kappa shape index (κ3) is 7.16. The smallest absolute Gasteiger partial charge is 0.311 e. The molecule has 2 N–H and O–H groups in total. The van der Waals surface area contributed by atoms with Crippen molar-refractivity contribution in [3.63, 3.8) is 0 Å². The summed E-state index contributed by atoms with van der Waals surface area (Å²) < 4.78 is 31.9. The molecule has 0 spiro atoms. The van der Waals surface area contributed by atoms with Crippen LogP contribution in [0.3, 0.4) is 0 Å². The summed E-state index contributed by atoms with van der Waals surface area (Å²) in [4.78, 5) is 24.3. The number of nitrogens with one attached hydrogen (secondary N) is 2. The molecule has 2 rings (SSSR count). The van der Waals surface area contributed by atoms with Crippen LogP contribution < -0.4 is 10.0 Å². The van der Waals surface area contributed by atoms with Gasteiger partial charge in [0, 0.05) is 16.8 Å². The van der Waals surface area contributed by atoms with E-state index in [1.165, 1.54) is 31.2 Å². The van der Waals surface area contributed by atoms with Crippen molar-refractivity contribution in [1.82, 2.24) is 4.72 Å². The van der Waals surface area contributed by atoms with Crippen LogP contribution in [0.2, 0.25) is 5.02 Å². The lowest BCUT2D eigenvalue weighted by molar-refractivity contribution is -0.152. The quantitative estimate of drug-likeness (QED) is 0.616. The van der Waals surface area contributed by atoms with Gasteiger partial charge in [0.1, 0.15) is 0 Å². The highest BCUT2D eigenvalue weighted by atomic mass is 35.5. The number of esters is 1. The average Bonchev–Trinajstić information content (AvgIpc) is 2.63. The van der Waals surface area contributed by atoms with E-state index in [9.17, 15) is 18.0 Å². The molecule has 7 nitrogen and oxygen atoms in total. The Kier molecular flexibility index (Phi) is 7.78. The summed E-state index contributed by atoms with van der Waals surface area (Å²) in [6, 6.07) is 12.2. The predicted octanol–water partition coefficient (Wildman–Crippen LogP) is 3.14. The van der Waals surface area contributed by atoms with Crippen LogP contribution in [-0.2, 0) is 30.8 Å². The van der Waals surface area contributed by atoms with Crippen molar-refractivity contribution in [2.45, 2.75) is 44.2 Å². The molecule has 1 amide bonds. The molecule has 156 valence electrons. The molecule has 2 aromatic carbocycles. The molecule has 0 saturated heterocycles. The normalized spacial score (nSPS) is 12.4. The maximum Gasteiger partial charge on any atom is 0.311 e. The fraction of sp³-hybridized carbons (Fsp3) is 0.300. The molecule has 1 atom stereocenters.